The van der Waals surface area contributed by atoms with Gasteiger partial charge in [0.05, 0.1) is 5.56 Å². The van der Waals surface area contributed by atoms with Crippen LogP contribution in [0.3, 0.4) is 0 Å². The van der Waals surface area contributed by atoms with Crippen LogP contribution in [-0.4, -0.2) is 11.8 Å². The molecule has 3 aromatic rings. The van der Waals surface area contributed by atoms with Crippen molar-refractivity contribution < 1.29 is 9.59 Å². The molecular formula is C18H12N2O2. The second-order valence-electron chi connectivity index (χ2n) is 5.26. The molecule has 3 aromatic carbocycles. The van der Waals surface area contributed by atoms with Crippen molar-refractivity contribution in [1.82, 2.24) is 5.32 Å². The highest BCUT2D eigenvalue weighted by atomic mass is 16.2. The Labute approximate surface area is 126 Å². The smallest absolute Gasteiger partial charge is 0.259 e. The molecule has 106 valence electrons. The molecule has 0 spiro atoms. The molecule has 1 heterocycles. The number of hydrogen-bond acceptors (Lipinski definition) is 3. The van der Waals surface area contributed by atoms with Crippen molar-refractivity contribution in [3.63, 3.8) is 0 Å². The van der Waals surface area contributed by atoms with Crippen molar-refractivity contribution in [1.29, 1.82) is 0 Å². The summed E-state index contributed by atoms with van der Waals surface area (Å²) >= 11 is 0. The second kappa shape index (κ2) is 4.43. The number of nitrogen functional groups attached to an aromatic ring is 1. The van der Waals surface area contributed by atoms with E-state index in [-0.39, 0.29) is 11.8 Å². The Morgan fingerprint density at radius 2 is 1.50 bits per heavy atom. The monoisotopic (exact) mass is 288 g/mol. The number of nitrogens with one attached hydrogen (secondary N) is 1. The molecule has 2 amide bonds. The first-order chi connectivity index (χ1) is 10.7. The zero-order valence-corrected chi connectivity index (χ0v) is 11.6. The van der Waals surface area contributed by atoms with Gasteiger partial charge >= 0.3 is 0 Å². The summed E-state index contributed by atoms with van der Waals surface area (Å²) in [5, 5.41) is 3.97. The topological polar surface area (TPSA) is 72.2 Å². The maximum Gasteiger partial charge on any atom is 0.259 e. The Kier molecular flexibility index (Phi) is 2.53. The number of carbonyl (C=O) groups excluding carboxylic acids is 2. The molecule has 4 heteroatoms. The predicted octanol–water partition coefficient (Wildman–Crippen LogP) is 2.97. The molecular weight excluding hydrogens is 276 g/mol. The Hall–Kier alpha value is -3.14. The molecule has 0 saturated heterocycles. The van der Waals surface area contributed by atoms with Gasteiger partial charge in [-0.2, -0.15) is 0 Å². The number of rotatable bonds is 1. The van der Waals surface area contributed by atoms with Crippen molar-refractivity contribution in [2.24, 2.45) is 0 Å². The van der Waals surface area contributed by atoms with Crippen LogP contribution < -0.4 is 11.1 Å². The summed E-state index contributed by atoms with van der Waals surface area (Å²) in [5.41, 5.74) is 9.20. The number of benzene rings is 3. The van der Waals surface area contributed by atoms with E-state index >= 15 is 0 Å². The number of nitrogens with two attached hydrogens (primary N) is 1. The number of hydrogen-bond donors (Lipinski definition) is 2. The lowest BCUT2D eigenvalue weighted by Gasteiger charge is -2.20. The fraction of sp³-hybridized carbons (Fsp3) is 0. The minimum atomic E-state index is -0.382. The Morgan fingerprint density at radius 1 is 0.727 bits per heavy atom. The maximum absolute atomic E-state index is 12.4. The third-order valence-electron chi connectivity index (χ3n) is 4.00. The zero-order chi connectivity index (χ0) is 15.3. The lowest BCUT2D eigenvalue weighted by atomic mass is 9.88. The average Bonchev–Trinajstić information content (AvgIpc) is 2.52. The van der Waals surface area contributed by atoms with Crippen molar-refractivity contribution >= 4 is 28.3 Å². The van der Waals surface area contributed by atoms with Gasteiger partial charge in [-0.25, -0.2) is 0 Å². The highest BCUT2D eigenvalue weighted by Gasteiger charge is 2.27. The van der Waals surface area contributed by atoms with E-state index in [1.165, 1.54) is 0 Å². The molecule has 4 nitrogen and oxygen atoms in total. The third-order valence-corrected chi connectivity index (χ3v) is 4.00. The molecule has 0 bridgehead atoms. The molecule has 0 radical (unpaired) electrons. The van der Waals surface area contributed by atoms with Gasteiger partial charge in [-0.1, -0.05) is 42.5 Å². The molecule has 0 aliphatic carbocycles. The fourth-order valence-electron chi connectivity index (χ4n) is 3.00. The van der Waals surface area contributed by atoms with E-state index in [2.05, 4.69) is 5.32 Å². The van der Waals surface area contributed by atoms with Gasteiger partial charge in [0.2, 0.25) is 0 Å². The average molecular weight is 288 g/mol. The predicted molar refractivity (Wildman–Crippen MR) is 85.6 cm³/mol. The van der Waals surface area contributed by atoms with Crippen LogP contribution in [0.15, 0.2) is 54.6 Å². The number of amides is 2. The van der Waals surface area contributed by atoms with Crippen LogP contribution in [-0.2, 0) is 0 Å². The van der Waals surface area contributed by atoms with Crippen LogP contribution in [0.2, 0.25) is 0 Å². The second-order valence-corrected chi connectivity index (χ2v) is 5.26. The number of imide groups is 1. The molecule has 0 fully saturated rings. The van der Waals surface area contributed by atoms with E-state index in [1.54, 1.807) is 12.1 Å². The van der Waals surface area contributed by atoms with Gasteiger partial charge in [-0.05, 0) is 23.1 Å². The Balaban J connectivity index is 2.16. The summed E-state index contributed by atoms with van der Waals surface area (Å²) in [6, 6.07) is 16.6. The van der Waals surface area contributed by atoms with Gasteiger partial charge in [-0.15, -0.1) is 0 Å². The van der Waals surface area contributed by atoms with Crippen LogP contribution in [0.4, 0.5) is 5.69 Å². The quantitative estimate of drug-likeness (QED) is 0.534. The largest absolute Gasteiger partial charge is 0.398 e. The molecule has 1 aliphatic heterocycles. The summed E-state index contributed by atoms with van der Waals surface area (Å²) in [6.45, 7) is 0. The molecule has 1 aliphatic rings. The summed E-state index contributed by atoms with van der Waals surface area (Å²) in [7, 11) is 0. The SMILES string of the molecule is Nc1ccccc1-c1ccc2cccc3c2c1C(=O)NC3=O. The molecule has 0 atom stereocenters. The highest BCUT2D eigenvalue weighted by Crippen LogP contribution is 2.36. The third kappa shape index (κ3) is 1.64. The van der Waals surface area contributed by atoms with Crippen LogP contribution in [0.25, 0.3) is 21.9 Å². The van der Waals surface area contributed by atoms with Crippen LogP contribution in [0.5, 0.6) is 0 Å². The number of carbonyl (C=O) groups is 2. The first kappa shape index (κ1) is 12.6. The van der Waals surface area contributed by atoms with Gasteiger partial charge < -0.3 is 5.73 Å². The molecule has 0 saturated carbocycles. The van der Waals surface area contributed by atoms with Crippen molar-refractivity contribution in [3.8, 4) is 11.1 Å². The highest BCUT2D eigenvalue weighted by molar-refractivity contribution is 6.28. The molecule has 0 aromatic heterocycles. The number of para-hydroxylation sites is 1. The van der Waals surface area contributed by atoms with Crippen molar-refractivity contribution in [2.75, 3.05) is 5.73 Å². The van der Waals surface area contributed by atoms with E-state index < -0.39 is 0 Å². The van der Waals surface area contributed by atoms with Gasteiger partial charge in [0.15, 0.2) is 0 Å². The van der Waals surface area contributed by atoms with Crippen LogP contribution >= 0.6 is 0 Å². The van der Waals surface area contributed by atoms with Crippen LogP contribution in [0.1, 0.15) is 20.7 Å². The van der Waals surface area contributed by atoms with E-state index in [0.29, 0.717) is 22.2 Å². The first-order valence-corrected chi connectivity index (χ1v) is 6.93. The van der Waals surface area contributed by atoms with E-state index in [1.807, 2.05) is 42.5 Å². The fourth-order valence-corrected chi connectivity index (χ4v) is 3.00. The first-order valence-electron chi connectivity index (χ1n) is 6.93. The summed E-state index contributed by atoms with van der Waals surface area (Å²) in [5.74, 6) is -0.742. The maximum atomic E-state index is 12.4. The molecule has 3 N–H and O–H groups in total. The van der Waals surface area contributed by atoms with Crippen LogP contribution in [0, 0.1) is 0 Å². The van der Waals surface area contributed by atoms with Gasteiger partial charge in [-0.3, -0.25) is 14.9 Å². The minimum Gasteiger partial charge on any atom is -0.398 e. The Morgan fingerprint density at radius 3 is 2.32 bits per heavy atom. The Bertz CT molecular complexity index is 960. The van der Waals surface area contributed by atoms with Gasteiger partial charge in [0.25, 0.3) is 11.8 Å². The molecule has 4 rings (SSSR count). The molecule has 22 heavy (non-hydrogen) atoms. The van der Waals surface area contributed by atoms with E-state index in [9.17, 15) is 9.59 Å². The van der Waals surface area contributed by atoms with E-state index in [0.717, 1.165) is 16.5 Å². The van der Waals surface area contributed by atoms with E-state index in [4.69, 9.17) is 5.73 Å². The van der Waals surface area contributed by atoms with Crippen molar-refractivity contribution in [2.45, 2.75) is 0 Å². The normalized spacial score (nSPS) is 13.3. The zero-order valence-electron chi connectivity index (χ0n) is 11.6. The standard InChI is InChI=1S/C18H12N2O2/c19-14-7-2-1-5-11(14)12-9-8-10-4-3-6-13-15(10)16(12)18(22)20-17(13)21/h1-9H,19H2,(H,20,21,22). The molecule has 0 unspecified atom stereocenters. The number of anilines is 1. The summed E-state index contributed by atoms with van der Waals surface area (Å²) in [6.07, 6.45) is 0. The summed E-state index contributed by atoms with van der Waals surface area (Å²) in [4.78, 5) is 24.5. The van der Waals surface area contributed by atoms with Crippen molar-refractivity contribution in [3.05, 3.63) is 65.7 Å². The van der Waals surface area contributed by atoms with Gasteiger partial charge in [0, 0.05) is 22.2 Å². The summed E-state index contributed by atoms with van der Waals surface area (Å²) < 4.78 is 0. The lowest BCUT2D eigenvalue weighted by molar-refractivity contribution is 0.0845. The van der Waals surface area contributed by atoms with Gasteiger partial charge in [0.1, 0.15) is 0 Å². The lowest BCUT2D eigenvalue weighted by Crippen LogP contribution is -2.35. The minimum absolute atomic E-state index is 0.360.